The van der Waals surface area contributed by atoms with Crippen LogP contribution in [0, 0.1) is 0 Å². The maximum atomic E-state index is 12.3. The van der Waals surface area contributed by atoms with Crippen LogP contribution in [0.2, 0.25) is 0 Å². The summed E-state index contributed by atoms with van der Waals surface area (Å²) in [4.78, 5) is 20.5. The summed E-state index contributed by atoms with van der Waals surface area (Å²) in [6.45, 7) is 4.02. The van der Waals surface area contributed by atoms with Crippen LogP contribution in [-0.2, 0) is 0 Å². The minimum absolute atomic E-state index is 0.0154. The molecule has 0 unspecified atom stereocenters. The van der Waals surface area contributed by atoms with Gasteiger partial charge in [0, 0.05) is 36.8 Å². The lowest BCUT2D eigenvalue weighted by atomic mass is 10.3. The molecular formula is C13H18BrN3O2. The molecule has 104 valence electrons. The minimum Gasteiger partial charge on any atom is -0.395 e. The molecule has 0 aliphatic carbocycles. The Kier molecular flexibility index (Phi) is 5.30. The Morgan fingerprint density at radius 1 is 1.32 bits per heavy atom. The first kappa shape index (κ1) is 14.4. The first-order valence-electron chi connectivity index (χ1n) is 6.45. The third-order valence-corrected chi connectivity index (χ3v) is 3.71. The molecule has 1 saturated heterocycles. The lowest BCUT2D eigenvalue weighted by Gasteiger charge is -2.21. The normalized spacial score (nSPS) is 17.3. The number of rotatable bonds is 3. The number of hydrogen-bond acceptors (Lipinski definition) is 4. The predicted octanol–water partition coefficient (Wildman–Crippen LogP) is 0.984. The van der Waals surface area contributed by atoms with Crippen LogP contribution in [-0.4, -0.2) is 65.1 Å². The molecule has 0 bridgehead atoms. The summed E-state index contributed by atoms with van der Waals surface area (Å²) in [5, 5.41) is 8.95. The number of β-amino-alcohol motifs (C(OH)–C–C–N with tert-alkyl or cyclic N) is 1. The molecule has 1 aliphatic rings. The second-order valence-electron chi connectivity index (χ2n) is 4.57. The monoisotopic (exact) mass is 327 g/mol. The van der Waals surface area contributed by atoms with Crippen molar-refractivity contribution in [3.63, 3.8) is 0 Å². The molecule has 1 N–H and O–H groups in total. The Bertz CT molecular complexity index is 424. The van der Waals surface area contributed by atoms with E-state index >= 15 is 0 Å². The molecule has 1 fully saturated rings. The van der Waals surface area contributed by atoms with Crippen molar-refractivity contribution in [3.8, 4) is 0 Å². The maximum absolute atomic E-state index is 12.3. The average molecular weight is 328 g/mol. The third-order valence-electron chi connectivity index (χ3n) is 3.24. The van der Waals surface area contributed by atoms with Crippen LogP contribution < -0.4 is 0 Å². The highest BCUT2D eigenvalue weighted by Crippen LogP contribution is 2.11. The van der Waals surface area contributed by atoms with E-state index in [-0.39, 0.29) is 12.5 Å². The molecule has 5 nitrogen and oxygen atoms in total. The SMILES string of the molecule is O=C(c1ccc(Br)cn1)N1CCCN(CCO)CC1. The second kappa shape index (κ2) is 6.98. The zero-order valence-electron chi connectivity index (χ0n) is 10.8. The van der Waals surface area contributed by atoms with Crippen molar-refractivity contribution >= 4 is 21.8 Å². The van der Waals surface area contributed by atoms with Gasteiger partial charge in [-0.3, -0.25) is 9.69 Å². The summed E-state index contributed by atoms with van der Waals surface area (Å²) in [7, 11) is 0. The fourth-order valence-electron chi connectivity index (χ4n) is 2.20. The molecule has 19 heavy (non-hydrogen) atoms. The fourth-order valence-corrected chi connectivity index (χ4v) is 2.44. The van der Waals surface area contributed by atoms with Gasteiger partial charge in [0.2, 0.25) is 0 Å². The molecule has 1 aliphatic heterocycles. The smallest absolute Gasteiger partial charge is 0.272 e. The topological polar surface area (TPSA) is 56.7 Å². The lowest BCUT2D eigenvalue weighted by Crippen LogP contribution is -2.36. The van der Waals surface area contributed by atoms with Crippen molar-refractivity contribution in [2.45, 2.75) is 6.42 Å². The number of hydrogen-bond donors (Lipinski definition) is 1. The third kappa shape index (κ3) is 3.99. The van der Waals surface area contributed by atoms with Crippen LogP contribution in [0.5, 0.6) is 0 Å². The van der Waals surface area contributed by atoms with Gasteiger partial charge in [0.25, 0.3) is 5.91 Å². The van der Waals surface area contributed by atoms with Crippen LogP contribution >= 0.6 is 15.9 Å². The fraction of sp³-hybridized carbons (Fsp3) is 0.538. The molecule has 0 spiro atoms. The summed E-state index contributed by atoms with van der Waals surface area (Å²) >= 11 is 3.31. The van der Waals surface area contributed by atoms with Gasteiger partial charge < -0.3 is 10.0 Å². The van der Waals surface area contributed by atoms with Gasteiger partial charge in [-0.05, 0) is 41.0 Å². The second-order valence-corrected chi connectivity index (χ2v) is 5.49. The Morgan fingerprint density at radius 2 is 2.16 bits per heavy atom. The molecule has 6 heteroatoms. The van der Waals surface area contributed by atoms with Crippen molar-refractivity contribution in [1.82, 2.24) is 14.8 Å². The highest BCUT2D eigenvalue weighted by molar-refractivity contribution is 9.10. The van der Waals surface area contributed by atoms with Gasteiger partial charge in [0.15, 0.2) is 0 Å². The van der Waals surface area contributed by atoms with Gasteiger partial charge in [-0.15, -0.1) is 0 Å². The van der Waals surface area contributed by atoms with E-state index in [4.69, 9.17) is 5.11 Å². The van der Waals surface area contributed by atoms with Gasteiger partial charge in [-0.2, -0.15) is 0 Å². The van der Waals surface area contributed by atoms with Crippen molar-refractivity contribution < 1.29 is 9.90 Å². The summed E-state index contributed by atoms with van der Waals surface area (Å²) < 4.78 is 0.869. The van der Waals surface area contributed by atoms with E-state index in [2.05, 4.69) is 25.8 Å². The van der Waals surface area contributed by atoms with Gasteiger partial charge in [-0.25, -0.2) is 4.98 Å². The van der Waals surface area contributed by atoms with Crippen molar-refractivity contribution in [3.05, 3.63) is 28.5 Å². The van der Waals surface area contributed by atoms with E-state index in [0.717, 1.165) is 30.5 Å². The molecule has 1 aromatic heterocycles. The standard InChI is InChI=1S/C13H18BrN3O2/c14-11-2-3-12(15-10-11)13(19)17-5-1-4-16(6-7-17)8-9-18/h2-3,10,18H,1,4-9H2. The van der Waals surface area contributed by atoms with Crippen LogP contribution in [0.3, 0.4) is 0 Å². The van der Waals surface area contributed by atoms with E-state index < -0.39 is 0 Å². The van der Waals surface area contributed by atoms with E-state index in [9.17, 15) is 4.79 Å². The van der Waals surface area contributed by atoms with E-state index in [1.807, 2.05) is 11.0 Å². The van der Waals surface area contributed by atoms with Gasteiger partial charge in [0.05, 0.1) is 6.61 Å². The van der Waals surface area contributed by atoms with Gasteiger partial charge >= 0.3 is 0 Å². The number of aromatic nitrogens is 1. The van der Waals surface area contributed by atoms with Crippen LogP contribution in [0.1, 0.15) is 16.9 Å². The lowest BCUT2D eigenvalue weighted by molar-refractivity contribution is 0.0754. The summed E-state index contributed by atoms with van der Waals surface area (Å²) in [5.74, 6) is -0.0154. The highest BCUT2D eigenvalue weighted by atomic mass is 79.9. The van der Waals surface area contributed by atoms with Crippen molar-refractivity contribution in [1.29, 1.82) is 0 Å². The average Bonchev–Trinajstić information content (AvgIpc) is 2.65. The molecule has 0 saturated carbocycles. The quantitative estimate of drug-likeness (QED) is 0.899. The van der Waals surface area contributed by atoms with E-state index in [1.54, 1.807) is 12.3 Å². The number of carbonyl (C=O) groups is 1. The predicted molar refractivity (Wildman–Crippen MR) is 76.0 cm³/mol. The van der Waals surface area contributed by atoms with Crippen LogP contribution in [0.15, 0.2) is 22.8 Å². The van der Waals surface area contributed by atoms with E-state index in [0.29, 0.717) is 18.8 Å². The maximum Gasteiger partial charge on any atom is 0.272 e. The molecular weight excluding hydrogens is 310 g/mol. The van der Waals surface area contributed by atoms with Crippen molar-refractivity contribution in [2.24, 2.45) is 0 Å². The Morgan fingerprint density at radius 3 is 2.84 bits per heavy atom. The van der Waals surface area contributed by atoms with Crippen LogP contribution in [0.25, 0.3) is 0 Å². The first-order chi connectivity index (χ1) is 9.20. The first-order valence-corrected chi connectivity index (χ1v) is 7.24. The van der Waals surface area contributed by atoms with Crippen LogP contribution in [0.4, 0.5) is 0 Å². The number of carbonyl (C=O) groups excluding carboxylic acids is 1. The number of nitrogens with zero attached hydrogens (tertiary/aromatic N) is 3. The number of amides is 1. The summed E-state index contributed by atoms with van der Waals surface area (Å²) in [6, 6.07) is 3.57. The highest BCUT2D eigenvalue weighted by Gasteiger charge is 2.20. The molecule has 1 amide bonds. The van der Waals surface area contributed by atoms with Gasteiger partial charge in [0.1, 0.15) is 5.69 Å². The zero-order chi connectivity index (χ0) is 13.7. The molecule has 2 heterocycles. The van der Waals surface area contributed by atoms with Gasteiger partial charge in [-0.1, -0.05) is 0 Å². The summed E-state index contributed by atoms with van der Waals surface area (Å²) in [5.41, 5.74) is 0.485. The van der Waals surface area contributed by atoms with E-state index in [1.165, 1.54) is 0 Å². The number of aliphatic hydroxyl groups is 1. The minimum atomic E-state index is -0.0154. The number of halogens is 1. The zero-order valence-corrected chi connectivity index (χ0v) is 12.3. The molecule has 0 atom stereocenters. The summed E-state index contributed by atoms with van der Waals surface area (Å²) in [6.07, 6.45) is 2.57. The van der Waals surface area contributed by atoms with Crippen molar-refractivity contribution in [2.75, 3.05) is 39.3 Å². The molecule has 1 aromatic rings. The Balaban J connectivity index is 1.98. The Hall–Kier alpha value is -0.980. The molecule has 2 rings (SSSR count). The largest absolute Gasteiger partial charge is 0.395 e. The molecule has 0 aromatic carbocycles. The Labute approximate surface area is 121 Å². The number of pyridine rings is 1. The molecule has 0 radical (unpaired) electrons. The number of aliphatic hydroxyl groups excluding tert-OH is 1.